The van der Waals surface area contributed by atoms with E-state index >= 15 is 0 Å². The molecule has 0 fully saturated rings. The van der Waals surface area contributed by atoms with Crippen LogP contribution in [0.15, 0.2) is 60.7 Å². The van der Waals surface area contributed by atoms with Gasteiger partial charge in [-0.2, -0.15) is 0 Å². The van der Waals surface area contributed by atoms with Gasteiger partial charge in [0.1, 0.15) is 0 Å². The maximum atomic E-state index is 2.28. The minimum atomic E-state index is 1.32. The molecule has 3 aromatic carbocycles. The normalized spacial score (nSPS) is 11.8. The van der Waals surface area contributed by atoms with Crippen LogP contribution >= 0.6 is 0 Å². The van der Waals surface area contributed by atoms with Crippen molar-refractivity contribution in [2.45, 2.75) is 0 Å². The molecule has 3 bridgehead atoms. The number of rotatable bonds is 0. The Morgan fingerprint density at radius 3 is 1.62 bits per heavy atom. The number of benzene rings is 3. The van der Waals surface area contributed by atoms with E-state index in [0.717, 1.165) is 0 Å². The van der Waals surface area contributed by atoms with Gasteiger partial charge in [-0.25, -0.2) is 0 Å². The van der Waals surface area contributed by atoms with Crippen molar-refractivity contribution in [3.05, 3.63) is 60.7 Å². The zero-order valence-electron chi connectivity index (χ0n) is 8.77. The quantitative estimate of drug-likeness (QED) is 0.394. The molecule has 0 heteroatoms. The predicted octanol–water partition coefficient (Wildman–Crippen LogP) is 4.49. The summed E-state index contributed by atoms with van der Waals surface area (Å²) in [5.41, 5.74) is 5.32. The molecule has 0 spiro atoms. The van der Waals surface area contributed by atoms with Gasteiger partial charge in [0, 0.05) is 0 Å². The standard InChI is InChI=1S/C16H10/c1-2-4-16-13-8-6-11-5-7-12(15(16)3-1)9-14(11)10-13/h1-10H. The minimum absolute atomic E-state index is 1.32. The first-order chi connectivity index (χ1) is 7.92. The molecule has 0 atom stereocenters. The van der Waals surface area contributed by atoms with Crippen molar-refractivity contribution >= 4 is 10.8 Å². The van der Waals surface area contributed by atoms with Crippen LogP contribution in [0.25, 0.3) is 33.0 Å². The molecule has 0 amide bonds. The van der Waals surface area contributed by atoms with E-state index < -0.39 is 0 Å². The Balaban J connectivity index is 2.30. The third-order valence-electron chi connectivity index (χ3n) is 3.39. The Bertz CT molecular complexity index is 650. The monoisotopic (exact) mass is 202 g/mol. The molecular formula is C16H10. The van der Waals surface area contributed by atoms with Crippen molar-refractivity contribution in [2.75, 3.05) is 0 Å². The lowest BCUT2D eigenvalue weighted by Gasteiger charge is -2.05. The maximum absolute atomic E-state index is 2.28. The van der Waals surface area contributed by atoms with Gasteiger partial charge < -0.3 is 0 Å². The first-order valence-electron chi connectivity index (χ1n) is 5.55. The summed E-state index contributed by atoms with van der Waals surface area (Å²) in [5, 5.41) is 2.66. The molecule has 0 N–H and O–H groups in total. The highest BCUT2D eigenvalue weighted by molar-refractivity contribution is 5.97. The fourth-order valence-corrected chi connectivity index (χ4v) is 2.57. The summed E-state index contributed by atoms with van der Waals surface area (Å²) in [5.74, 6) is 0. The highest BCUT2D eigenvalue weighted by Crippen LogP contribution is 2.38. The van der Waals surface area contributed by atoms with Gasteiger partial charge >= 0.3 is 0 Å². The van der Waals surface area contributed by atoms with E-state index in [0.29, 0.717) is 0 Å². The second-order valence-electron chi connectivity index (χ2n) is 4.32. The van der Waals surface area contributed by atoms with E-state index in [9.17, 15) is 0 Å². The summed E-state index contributed by atoms with van der Waals surface area (Å²) in [6.45, 7) is 0. The van der Waals surface area contributed by atoms with Crippen molar-refractivity contribution in [3.63, 3.8) is 0 Å². The Morgan fingerprint density at radius 1 is 0.500 bits per heavy atom. The molecule has 0 aromatic heterocycles. The second kappa shape index (κ2) is 2.73. The molecule has 1 aliphatic carbocycles. The summed E-state index contributed by atoms with van der Waals surface area (Å²) < 4.78 is 0. The van der Waals surface area contributed by atoms with Crippen LogP contribution in [0.1, 0.15) is 0 Å². The van der Waals surface area contributed by atoms with E-state index in [1.54, 1.807) is 0 Å². The van der Waals surface area contributed by atoms with Crippen molar-refractivity contribution in [1.29, 1.82) is 0 Å². The van der Waals surface area contributed by atoms with Crippen LogP contribution in [0.5, 0.6) is 0 Å². The molecule has 16 heavy (non-hydrogen) atoms. The summed E-state index contributed by atoms with van der Waals surface area (Å²) in [4.78, 5) is 0. The van der Waals surface area contributed by atoms with Gasteiger partial charge in [-0.1, -0.05) is 48.5 Å². The average molecular weight is 202 g/mol. The summed E-state index contributed by atoms with van der Waals surface area (Å²) in [6.07, 6.45) is 0. The van der Waals surface area contributed by atoms with Crippen LogP contribution in [0.3, 0.4) is 0 Å². The van der Waals surface area contributed by atoms with Gasteiger partial charge in [0.05, 0.1) is 0 Å². The molecule has 0 heterocycles. The van der Waals surface area contributed by atoms with Crippen molar-refractivity contribution in [2.24, 2.45) is 0 Å². The van der Waals surface area contributed by atoms with Gasteiger partial charge in [-0.3, -0.25) is 0 Å². The zero-order chi connectivity index (χ0) is 10.5. The maximum Gasteiger partial charge on any atom is -0.0105 e. The van der Waals surface area contributed by atoms with E-state index in [-0.39, 0.29) is 0 Å². The van der Waals surface area contributed by atoms with Crippen molar-refractivity contribution in [1.82, 2.24) is 0 Å². The first kappa shape index (κ1) is 8.12. The van der Waals surface area contributed by atoms with Crippen LogP contribution < -0.4 is 0 Å². The van der Waals surface area contributed by atoms with Gasteiger partial charge in [0.25, 0.3) is 0 Å². The Morgan fingerprint density at radius 2 is 1.06 bits per heavy atom. The van der Waals surface area contributed by atoms with Gasteiger partial charge in [-0.15, -0.1) is 0 Å². The molecule has 0 nitrogen and oxygen atoms in total. The van der Waals surface area contributed by atoms with Gasteiger partial charge in [0.2, 0.25) is 0 Å². The highest BCUT2D eigenvalue weighted by atomic mass is 14.1. The van der Waals surface area contributed by atoms with E-state index in [1.165, 1.54) is 33.0 Å². The number of fused-ring (bicyclic) bond motifs is 5. The third-order valence-corrected chi connectivity index (χ3v) is 3.39. The molecule has 0 aliphatic heterocycles. The van der Waals surface area contributed by atoms with Crippen LogP contribution in [0.2, 0.25) is 0 Å². The largest absolute Gasteiger partial charge is 0.0616 e. The highest BCUT2D eigenvalue weighted by Gasteiger charge is 2.11. The number of hydrogen-bond acceptors (Lipinski definition) is 0. The molecule has 74 valence electrons. The van der Waals surface area contributed by atoms with E-state index in [1.807, 2.05) is 0 Å². The lowest BCUT2D eigenvalue weighted by molar-refractivity contribution is 1.65. The minimum Gasteiger partial charge on any atom is -0.0616 e. The fraction of sp³-hybridized carbons (Fsp3) is 0. The van der Waals surface area contributed by atoms with Crippen LogP contribution in [0.4, 0.5) is 0 Å². The number of hydrogen-bond donors (Lipinski definition) is 0. The summed E-state index contributed by atoms with van der Waals surface area (Å²) in [6, 6.07) is 22.0. The molecule has 3 aromatic rings. The van der Waals surface area contributed by atoms with E-state index in [4.69, 9.17) is 0 Å². The predicted molar refractivity (Wildman–Crippen MR) is 68.4 cm³/mol. The van der Waals surface area contributed by atoms with Gasteiger partial charge in [-0.05, 0) is 45.2 Å². The van der Waals surface area contributed by atoms with Crippen LogP contribution in [-0.4, -0.2) is 0 Å². The zero-order valence-corrected chi connectivity index (χ0v) is 8.77. The van der Waals surface area contributed by atoms with Crippen LogP contribution in [0, 0.1) is 0 Å². The smallest absolute Gasteiger partial charge is 0.0105 e. The van der Waals surface area contributed by atoms with Gasteiger partial charge in [0.15, 0.2) is 0 Å². The Hall–Kier alpha value is -2.08. The molecular weight excluding hydrogens is 192 g/mol. The average Bonchev–Trinajstić information content (AvgIpc) is 2.41. The second-order valence-corrected chi connectivity index (χ2v) is 4.32. The van der Waals surface area contributed by atoms with Crippen molar-refractivity contribution in [3.8, 4) is 22.3 Å². The molecule has 0 saturated heterocycles. The molecule has 0 unspecified atom stereocenters. The fourth-order valence-electron chi connectivity index (χ4n) is 2.57. The Labute approximate surface area is 94.2 Å². The first-order valence-corrected chi connectivity index (χ1v) is 5.55. The molecule has 0 radical (unpaired) electrons. The SMILES string of the molecule is c1ccc2c(c1)-c1ccc3ccc-2cc3c1. The summed E-state index contributed by atoms with van der Waals surface area (Å²) in [7, 11) is 0. The molecule has 1 aliphatic rings. The molecule has 0 saturated carbocycles. The lowest BCUT2D eigenvalue weighted by Crippen LogP contribution is -1.79. The lowest BCUT2D eigenvalue weighted by atomic mass is 9.98. The van der Waals surface area contributed by atoms with Crippen molar-refractivity contribution < 1.29 is 0 Å². The topological polar surface area (TPSA) is 0 Å². The Kier molecular flexibility index (Phi) is 1.39. The molecule has 4 rings (SSSR count). The van der Waals surface area contributed by atoms with Crippen LogP contribution in [-0.2, 0) is 0 Å². The summed E-state index contributed by atoms with van der Waals surface area (Å²) >= 11 is 0. The third kappa shape index (κ3) is 0.938. The van der Waals surface area contributed by atoms with E-state index in [2.05, 4.69) is 60.7 Å².